The van der Waals surface area contributed by atoms with Crippen LogP contribution < -0.4 is 5.32 Å². The molecule has 0 bridgehead atoms. The highest BCUT2D eigenvalue weighted by Gasteiger charge is 2.21. The number of anilines is 1. The van der Waals surface area contributed by atoms with Crippen LogP contribution in [0.2, 0.25) is 0 Å². The van der Waals surface area contributed by atoms with Crippen LogP contribution in [0.1, 0.15) is 35.9 Å². The van der Waals surface area contributed by atoms with Crippen molar-refractivity contribution in [3.05, 3.63) is 40.7 Å². The average molecular weight is 344 g/mol. The van der Waals surface area contributed by atoms with E-state index in [2.05, 4.69) is 33.2 Å². The molecule has 1 aliphatic rings. The van der Waals surface area contributed by atoms with Crippen molar-refractivity contribution in [1.82, 2.24) is 14.9 Å². The van der Waals surface area contributed by atoms with E-state index < -0.39 is 0 Å². The van der Waals surface area contributed by atoms with Gasteiger partial charge in [0.1, 0.15) is 0 Å². The zero-order valence-electron chi connectivity index (χ0n) is 14.3. The normalized spacial score (nSPS) is 18.5. The Kier molecular flexibility index (Phi) is 5.58. The third kappa shape index (κ3) is 4.85. The second kappa shape index (κ2) is 7.85. The van der Waals surface area contributed by atoms with Crippen LogP contribution in [0.4, 0.5) is 5.13 Å². The summed E-state index contributed by atoms with van der Waals surface area (Å²) >= 11 is 1.56. The summed E-state index contributed by atoms with van der Waals surface area (Å²) in [5.74, 6) is 0.593. The first kappa shape index (κ1) is 17.0. The highest BCUT2D eigenvalue weighted by Crippen LogP contribution is 2.25. The van der Waals surface area contributed by atoms with Crippen molar-refractivity contribution < 1.29 is 4.79 Å². The number of nitrogens with zero attached hydrogens (tertiary/aromatic N) is 3. The van der Waals surface area contributed by atoms with E-state index in [0.717, 1.165) is 26.1 Å². The first-order valence-corrected chi connectivity index (χ1v) is 9.26. The Morgan fingerprint density at radius 3 is 3.12 bits per heavy atom. The predicted octanol–water partition coefficient (Wildman–Crippen LogP) is 3.26. The first-order valence-electron chi connectivity index (χ1n) is 8.44. The number of pyridine rings is 1. The molecule has 1 fully saturated rings. The van der Waals surface area contributed by atoms with Gasteiger partial charge in [-0.25, -0.2) is 4.98 Å². The molecular formula is C18H24N4OS. The summed E-state index contributed by atoms with van der Waals surface area (Å²) in [5, 5.41) is 3.44. The standard InChI is InChI=1S/C18H24N4OS/c1-13-5-6-19-16(8-13)9-15-4-3-7-22(11-15)12-17-10-20-18(24-17)21-14(2)23/h5-6,8,10,15H,3-4,7,9,11-12H2,1-2H3,(H,20,21,23)/t15-/m0/s1. The van der Waals surface area contributed by atoms with E-state index in [9.17, 15) is 4.79 Å². The highest BCUT2D eigenvalue weighted by atomic mass is 32.1. The van der Waals surface area contributed by atoms with Crippen molar-refractivity contribution in [1.29, 1.82) is 0 Å². The summed E-state index contributed by atoms with van der Waals surface area (Å²) < 4.78 is 0. The van der Waals surface area contributed by atoms with Crippen LogP contribution >= 0.6 is 11.3 Å². The van der Waals surface area contributed by atoms with E-state index >= 15 is 0 Å². The Labute approximate surface area is 147 Å². The maximum absolute atomic E-state index is 11.1. The van der Waals surface area contributed by atoms with Gasteiger partial charge in [-0.1, -0.05) is 0 Å². The maximum atomic E-state index is 11.1. The fourth-order valence-electron chi connectivity index (χ4n) is 3.28. The fraction of sp³-hybridized carbons (Fsp3) is 0.500. The topological polar surface area (TPSA) is 58.1 Å². The molecule has 1 aliphatic heterocycles. The van der Waals surface area contributed by atoms with Gasteiger partial charge in [-0.2, -0.15) is 0 Å². The molecule has 1 amide bonds. The zero-order chi connectivity index (χ0) is 16.9. The first-order chi connectivity index (χ1) is 11.6. The number of carbonyl (C=O) groups is 1. The molecule has 24 heavy (non-hydrogen) atoms. The summed E-state index contributed by atoms with van der Waals surface area (Å²) in [6, 6.07) is 4.25. The lowest BCUT2D eigenvalue weighted by Crippen LogP contribution is -2.35. The lowest BCUT2D eigenvalue weighted by atomic mass is 9.93. The highest BCUT2D eigenvalue weighted by molar-refractivity contribution is 7.15. The molecule has 1 atom stereocenters. The number of aromatic nitrogens is 2. The van der Waals surface area contributed by atoms with Crippen LogP contribution in [0.25, 0.3) is 0 Å². The van der Waals surface area contributed by atoms with Gasteiger partial charge >= 0.3 is 0 Å². The number of carbonyl (C=O) groups excluding carboxylic acids is 1. The Balaban J connectivity index is 1.55. The number of likely N-dealkylation sites (tertiary alicyclic amines) is 1. The molecule has 2 aromatic heterocycles. The molecule has 0 radical (unpaired) electrons. The van der Waals surface area contributed by atoms with Gasteiger partial charge in [0, 0.05) is 43.0 Å². The minimum absolute atomic E-state index is 0.0698. The monoisotopic (exact) mass is 344 g/mol. The third-order valence-electron chi connectivity index (χ3n) is 4.29. The molecule has 0 aromatic carbocycles. The van der Waals surface area contributed by atoms with Crippen LogP contribution in [-0.4, -0.2) is 33.9 Å². The second-order valence-electron chi connectivity index (χ2n) is 6.58. The Morgan fingerprint density at radius 1 is 1.46 bits per heavy atom. The van der Waals surface area contributed by atoms with E-state index in [1.54, 1.807) is 11.3 Å². The van der Waals surface area contributed by atoms with Crippen molar-refractivity contribution >= 4 is 22.4 Å². The lowest BCUT2D eigenvalue weighted by molar-refractivity contribution is -0.114. The second-order valence-corrected chi connectivity index (χ2v) is 7.70. The molecule has 128 valence electrons. The van der Waals surface area contributed by atoms with Crippen LogP contribution in [0.5, 0.6) is 0 Å². The Morgan fingerprint density at radius 2 is 2.33 bits per heavy atom. The van der Waals surface area contributed by atoms with Crippen molar-refractivity contribution in [2.24, 2.45) is 5.92 Å². The molecule has 0 unspecified atom stereocenters. The number of rotatable bonds is 5. The molecule has 0 spiro atoms. The SMILES string of the molecule is CC(=O)Nc1ncc(CN2CCC[C@@H](Cc3cc(C)ccn3)C2)s1. The van der Waals surface area contributed by atoms with Gasteiger partial charge in [-0.3, -0.25) is 14.7 Å². The van der Waals surface area contributed by atoms with Gasteiger partial charge in [0.2, 0.25) is 5.91 Å². The molecule has 3 rings (SSSR count). The number of nitrogens with one attached hydrogen (secondary N) is 1. The molecular weight excluding hydrogens is 320 g/mol. The minimum atomic E-state index is -0.0698. The molecule has 3 heterocycles. The largest absolute Gasteiger partial charge is 0.302 e. The maximum Gasteiger partial charge on any atom is 0.223 e. The molecule has 5 nitrogen and oxygen atoms in total. The third-order valence-corrected chi connectivity index (χ3v) is 5.19. The summed E-state index contributed by atoms with van der Waals surface area (Å²) in [6.07, 6.45) is 7.34. The van der Waals surface area contributed by atoms with Gasteiger partial charge < -0.3 is 5.32 Å². The molecule has 6 heteroatoms. The number of hydrogen-bond acceptors (Lipinski definition) is 5. The predicted molar refractivity (Wildman–Crippen MR) is 97.1 cm³/mol. The van der Waals surface area contributed by atoms with Crippen molar-refractivity contribution in [2.45, 2.75) is 39.7 Å². The minimum Gasteiger partial charge on any atom is -0.302 e. The number of aryl methyl sites for hydroxylation is 1. The number of thiazole rings is 1. The lowest BCUT2D eigenvalue weighted by Gasteiger charge is -2.32. The number of piperidine rings is 1. The summed E-state index contributed by atoms with van der Waals surface area (Å²) in [4.78, 5) is 23.6. The molecule has 2 aromatic rings. The van der Waals surface area contributed by atoms with Gasteiger partial charge in [0.25, 0.3) is 0 Å². The molecule has 1 saturated heterocycles. The molecule has 0 saturated carbocycles. The Hall–Kier alpha value is -1.79. The van der Waals surface area contributed by atoms with Gasteiger partial charge in [-0.15, -0.1) is 11.3 Å². The van der Waals surface area contributed by atoms with Crippen molar-refractivity contribution in [3.63, 3.8) is 0 Å². The van der Waals surface area contributed by atoms with Gasteiger partial charge in [0.15, 0.2) is 5.13 Å². The van der Waals surface area contributed by atoms with E-state index in [4.69, 9.17) is 0 Å². The van der Waals surface area contributed by atoms with E-state index in [1.165, 1.54) is 35.9 Å². The van der Waals surface area contributed by atoms with Crippen LogP contribution in [0, 0.1) is 12.8 Å². The van der Waals surface area contributed by atoms with Crippen molar-refractivity contribution in [2.75, 3.05) is 18.4 Å². The molecule has 1 N–H and O–H groups in total. The summed E-state index contributed by atoms with van der Waals surface area (Å²) in [7, 11) is 0. The van der Waals surface area contributed by atoms with Gasteiger partial charge in [-0.05, 0) is 56.3 Å². The average Bonchev–Trinajstić information content (AvgIpc) is 2.94. The smallest absolute Gasteiger partial charge is 0.223 e. The van der Waals surface area contributed by atoms with Crippen LogP contribution in [0.3, 0.4) is 0 Å². The molecule has 0 aliphatic carbocycles. The van der Waals surface area contributed by atoms with Crippen LogP contribution in [-0.2, 0) is 17.8 Å². The number of hydrogen-bond donors (Lipinski definition) is 1. The van der Waals surface area contributed by atoms with E-state index in [1.807, 2.05) is 18.5 Å². The van der Waals surface area contributed by atoms with Crippen molar-refractivity contribution in [3.8, 4) is 0 Å². The summed E-state index contributed by atoms with van der Waals surface area (Å²) in [6.45, 7) is 6.77. The fourth-order valence-corrected chi connectivity index (χ4v) is 4.18. The van der Waals surface area contributed by atoms with E-state index in [0.29, 0.717) is 11.0 Å². The quantitative estimate of drug-likeness (QED) is 0.904. The van der Waals surface area contributed by atoms with Crippen LogP contribution in [0.15, 0.2) is 24.5 Å². The Bertz CT molecular complexity index is 700. The van der Waals surface area contributed by atoms with Gasteiger partial charge in [0.05, 0.1) is 0 Å². The number of amides is 1. The van der Waals surface area contributed by atoms with E-state index in [-0.39, 0.29) is 5.91 Å². The zero-order valence-corrected chi connectivity index (χ0v) is 15.1. The summed E-state index contributed by atoms with van der Waals surface area (Å²) in [5.41, 5.74) is 2.48.